The van der Waals surface area contributed by atoms with E-state index in [1.165, 1.54) is 0 Å². The van der Waals surface area contributed by atoms with Crippen LogP contribution in [0.3, 0.4) is 0 Å². The average molecular weight is 250 g/mol. The Morgan fingerprint density at radius 1 is 1.00 bits per heavy atom. The highest BCUT2D eigenvalue weighted by atomic mass is 35.5. The monoisotopic (exact) mass is 249 g/mol. The molecule has 0 radical (unpaired) electrons. The Morgan fingerprint density at radius 2 is 1.65 bits per heavy atom. The minimum Gasteiger partial charge on any atom is -0.495 e. The summed E-state index contributed by atoms with van der Waals surface area (Å²) in [5.74, 6) is 2.00. The van der Waals surface area contributed by atoms with Gasteiger partial charge in [-0.05, 0) is 36.4 Å². The molecule has 0 unspecified atom stereocenters. The molecule has 2 aromatic carbocycles. The van der Waals surface area contributed by atoms with Crippen LogP contribution in [0.25, 0.3) is 0 Å². The lowest BCUT2D eigenvalue weighted by atomic mass is 10.3. The van der Waals surface area contributed by atoms with Gasteiger partial charge in [0, 0.05) is 11.1 Å². The van der Waals surface area contributed by atoms with Gasteiger partial charge >= 0.3 is 0 Å². The van der Waals surface area contributed by atoms with E-state index in [1.54, 1.807) is 49.6 Å². The zero-order valence-corrected chi connectivity index (χ0v) is 10.1. The number of anilines is 1. The van der Waals surface area contributed by atoms with E-state index >= 15 is 0 Å². The van der Waals surface area contributed by atoms with Crippen LogP contribution in [-0.2, 0) is 0 Å². The third-order valence-electron chi connectivity index (χ3n) is 2.25. The van der Waals surface area contributed by atoms with E-state index in [0.29, 0.717) is 28.0 Å². The lowest BCUT2D eigenvalue weighted by Gasteiger charge is -2.08. The van der Waals surface area contributed by atoms with Crippen molar-refractivity contribution in [3.05, 3.63) is 47.5 Å². The maximum atomic E-state index is 5.79. The lowest BCUT2D eigenvalue weighted by molar-refractivity contribution is 0.415. The molecule has 17 heavy (non-hydrogen) atoms. The maximum absolute atomic E-state index is 5.79. The minimum atomic E-state index is 0.541. The van der Waals surface area contributed by atoms with E-state index < -0.39 is 0 Å². The Morgan fingerprint density at radius 3 is 2.24 bits per heavy atom. The van der Waals surface area contributed by atoms with Gasteiger partial charge in [-0.3, -0.25) is 0 Å². The van der Waals surface area contributed by atoms with Crippen molar-refractivity contribution in [2.75, 3.05) is 12.8 Å². The van der Waals surface area contributed by atoms with Gasteiger partial charge in [-0.15, -0.1) is 0 Å². The summed E-state index contributed by atoms with van der Waals surface area (Å²) >= 11 is 5.79. The molecule has 0 heterocycles. The van der Waals surface area contributed by atoms with Crippen LogP contribution in [-0.4, -0.2) is 7.11 Å². The number of halogens is 1. The van der Waals surface area contributed by atoms with Gasteiger partial charge in [0.15, 0.2) is 0 Å². The third-order valence-corrected chi connectivity index (χ3v) is 2.50. The minimum absolute atomic E-state index is 0.541. The predicted octanol–water partition coefficient (Wildman–Crippen LogP) is 3.72. The molecule has 0 amide bonds. The van der Waals surface area contributed by atoms with E-state index in [2.05, 4.69) is 0 Å². The van der Waals surface area contributed by atoms with E-state index in [0.717, 1.165) is 0 Å². The second-order valence-electron chi connectivity index (χ2n) is 3.46. The van der Waals surface area contributed by atoms with Crippen molar-refractivity contribution in [3.63, 3.8) is 0 Å². The molecule has 0 aliphatic carbocycles. The topological polar surface area (TPSA) is 44.5 Å². The van der Waals surface area contributed by atoms with Crippen molar-refractivity contribution in [1.82, 2.24) is 0 Å². The molecule has 0 spiro atoms. The highest BCUT2D eigenvalue weighted by molar-refractivity contribution is 6.30. The van der Waals surface area contributed by atoms with Crippen LogP contribution >= 0.6 is 11.6 Å². The first kappa shape index (κ1) is 11.6. The third kappa shape index (κ3) is 2.82. The molecule has 2 aromatic rings. The number of methoxy groups -OCH3 is 1. The fourth-order valence-electron chi connectivity index (χ4n) is 1.41. The fourth-order valence-corrected chi connectivity index (χ4v) is 1.54. The Labute approximate surface area is 105 Å². The molecule has 0 aliphatic rings. The van der Waals surface area contributed by atoms with E-state index in [-0.39, 0.29) is 0 Å². The van der Waals surface area contributed by atoms with Crippen molar-refractivity contribution in [3.8, 4) is 17.2 Å². The average Bonchev–Trinajstić information content (AvgIpc) is 2.32. The normalized spacial score (nSPS) is 10.0. The summed E-state index contributed by atoms with van der Waals surface area (Å²) in [6, 6.07) is 12.4. The SMILES string of the molecule is COc1ccc(Oc2ccc(Cl)cc2)cc1N. The smallest absolute Gasteiger partial charge is 0.142 e. The maximum Gasteiger partial charge on any atom is 0.142 e. The van der Waals surface area contributed by atoms with Crippen LogP contribution in [0.15, 0.2) is 42.5 Å². The summed E-state index contributed by atoms with van der Waals surface area (Å²) in [4.78, 5) is 0. The summed E-state index contributed by atoms with van der Waals surface area (Å²) in [7, 11) is 1.57. The molecule has 0 aromatic heterocycles. The van der Waals surface area contributed by atoms with Crippen LogP contribution in [0.4, 0.5) is 5.69 Å². The molecule has 2 rings (SSSR count). The van der Waals surface area contributed by atoms with Gasteiger partial charge in [-0.25, -0.2) is 0 Å². The van der Waals surface area contributed by atoms with Crippen LogP contribution in [0, 0.1) is 0 Å². The summed E-state index contributed by atoms with van der Waals surface area (Å²) < 4.78 is 10.7. The molecule has 2 N–H and O–H groups in total. The number of hydrogen-bond donors (Lipinski definition) is 1. The Bertz CT molecular complexity index is 511. The summed E-state index contributed by atoms with van der Waals surface area (Å²) in [5.41, 5.74) is 6.32. The largest absolute Gasteiger partial charge is 0.495 e. The van der Waals surface area contributed by atoms with Gasteiger partial charge in [0.2, 0.25) is 0 Å². The van der Waals surface area contributed by atoms with Gasteiger partial charge in [-0.2, -0.15) is 0 Å². The highest BCUT2D eigenvalue weighted by Gasteiger charge is 2.02. The number of rotatable bonds is 3. The Kier molecular flexibility index (Phi) is 3.40. The molecule has 88 valence electrons. The molecule has 4 heteroatoms. The highest BCUT2D eigenvalue weighted by Crippen LogP contribution is 2.29. The number of hydrogen-bond acceptors (Lipinski definition) is 3. The van der Waals surface area contributed by atoms with Gasteiger partial charge in [-0.1, -0.05) is 11.6 Å². The molecule has 0 atom stereocenters. The second kappa shape index (κ2) is 4.97. The van der Waals surface area contributed by atoms with Crippen molar-refractivity contribution in [1.29, 1.82) is 0 Å². The van der Waals surface area contributed by atoms with E-state index in [1.807, 2.05) is 0 Å². The van der Waals surface area contributed by atoms with Gasteiger partial charge in [0.05, 0.1) is 12.8 Å². The molecule has 0 fully saturated rings. The molecular weight excluding hydrogens is 238 g/mol. The van der Waals surface area contributed by atoms with Crippen molar-refractivity contribution >= 4 is 17.3 Å². The first-order chi connectivity index (χ1) is 8.19. The Balaban J connectivity index is 2.19. The molecule has 0 saturated carbocycles. The van der Waals surface area contributed by atoms with Crippen LogP contribution < -0.4 is 15.2 Å². The second-order valence-corrected chi connectivity index (χ2v) is 3.90. The van der Waals surface area contributed by atoms with Crippen LogP contribution in [0.5, 0.6) is 17.2 Å². The first-order valence-electron chi connectivity index (χ1n) is 5.06. The molecule has 0 aliphatic heterocycles. The van der Waals surface area contributed by atoms with Crippen molar-refractivity contribution in [2.24, 2.45) is 0 Å². The predicted molar refractivity (Wildman–Crippen MR) is 68.9 cm³/mol. The van der Waals surface area contributed by atoms with E-state index in [4.69, 9.17) is 26.8 Å². The number of benzene rings is 2. The fraction of sp³-hybridized carbons (Fsp3) is 0.0769. The first-order valence-corrected chi connectivity index (χ1v) is 5.44. The summed E-state index contributed by atoms with van der Waals surface area (Å²) in [5, 5.41) is 0.673. The van der Waals surface area contributed by atoms with Crippen molar-refractivity contribution in [2.45, 2.75) is 0 Å². The zero-order chi connectivity index (χ0) is 12.3. The quantitative estimate of drug-likeness (QED) is 0.843. The lowest BCUT2D eigenvalue weighted by Crippen LogP contribution is -1.93. The summed E-state index contributed by atoms with van der Waals surface area (Å²) in [6.45, 7) is 0. The van der Waals surface area contributed by atoms with Gasteiger partial charge in [0.1, 0.15) is 17.2 Å². The molecule has 0 saturated heterocycles. The van der Waals surface area contributed by atoms with Gasteiger partial charge < -0.3 is 15.2 Å². The zero-order valence-electron chi connectivity index (χ0n) is 9.31. The van der Waals surface area contributed by atoms with Gasteiger partial charge in [0.25, 0.3) is 0 Å². The standard InChI is InChI=1S/C13H12ClNO2/c1-16-13-7-6-11(8-12(13)15)17-10-4-2-9(14)3-5-10/h2-8H,15H2,1H3. The molecular formula is C13H12ClNO2. The number of nitrogen functional groups attached to an aromatic ring is 1. The number of nitrogens with two attached hydrogens (primary N) is 1. The Hall–Kier alpha value is -1.87. The van der Waals surface area contributed by atoms with E-state index in [9.17, 15) is 0 Å². The number of ether oxygens (including phenoxy) is 2. The summed E-state index contributed by atoms with van der Waals surface area (Å²) in [6.07, 6.45) is 0. The van der Waals surface area contributed by atoms with Crippen LogP contribution in [0.1, 0.15) is 0 Å². The van der Waals surface area contributed by atoms with Crippen molar-refractivity contribution < 1.29 is 9.47 Å². The van der Waals surface area contributed by atoms with Crippen LogP contribution in [0.2, 0.25) is 5.02 Å². The molecule has 0 bridgehead atoms. The molecule has 3 nitrogen and oxygen atoms in total.